The predicted octanol–water partition coefficient (Wildman–Crippen LogP) is 9.60. The molecule has 47 heavy (non-hydrogen) atoms. The Morgan fingerprint density at radius 1 is 0.809 bits per heavy atom. The van der Waals surface area contributed by atoms with E-state index >= 15 is 0 Å². The number of hydrogen-bond acceptors (Lipinski definition) is 6. The largest absolute Gasteiger partial charge is 0.490 e. The number of benzene rings is 3. The van der Waals surface area contributed by atoms with Crippen molar-refractivity contribution < 1.29 is 28.5 Å². The molecule has 6 heteroatoms. The summed E-state index contributed by atoms with van der Waals surface area (Å²) in [6.07, 6.45) is 10.9. The van der Waals surface area contributed by atoms with Crippen LogP contribution >= 0.6 is 0 Å². The van der Waals surface area contributed by atoms with E-state index in [2.05, 4.69) is 46.9 Å². The molecule has 2 aliphatic carbocycles. The lowest BCUT2D eigenvalue weighted by atomic mass is 9.47. The highest BCUT2D eigenvalue weighted by atomic mass is 16.5. The predicted molar refractivity (Wildman–Crippen MR) is 185 cm³/mol. The molecule has 0 amide bonds. The Labute approximate surface area is 279 Å². The molecule has 0 radical (unpaired) electrons. The smallest absolute Gasteiger partial charge is 0.343 e. The van der Waals surface area contributed by atoms with Gasteiger partial charge in [-0.2, -0.15) is 0 Å². The fraction of sp³-hybridized carbons (Fsp3) is 0.366. The molecule has 0 bridgehead atoms. The van der Waals surface area contributed by atoms with Crippen molar-refractivity contribution in [2.24, 2.45) is 22.7 Å². The van der Waals surface area contributed by atoms with Crippen molar-refractivity contribution >= 4 is 11.9 Å². The van der Waals surface area contributed by atoms with E-state index in [-0.39, 0.29) is 10.8 Å². The van der Waals surface area contributed by atoms with Gasteiger partial charge in [0.05, 0.1) is 11.1 Å². The summed E-state index contributed by atoms with van der Waals surface area (Å²) in [6, 6.07) is 19.0. The minimum Gasteiger partial charge on any atom is -0.490 e. The summed E-state index contributed by atoms with van der Waals surface area (Å²) >= 11 is 0. The number of ether oxygens (including phenoxy) is 4. The maximum atomic E-state index is 13.4. The Morgan fingerprint density at radius 2 is 1.36 bits per heavy atom. The first-order valence-electron chi connectivity index (χ1n) is 16.5. The van der Waals surface area contributed by atoms with E-state index in [1.54, 1.807) is 72.8 Å². The van der Waals surface area contributed by atoms with Crippen LogP contribution in [0.4, 0.5) is 0 Å². The second kappa shape index (κ2) is 14.5. The Kier molecular flexibility index (Phi) is 10.4. The number of esters is 2. The third-order valence-corrected chi connectivity index (χ3v) is 10.5. The monoisotopic (exact) mass is 634 g/mol. The first-order chi connectivity index (χ1) is 22.6. The first-order valence-corrected chi connectivity index (χ1v) is 16.5. The van der Waals surface area contributed by atoms with Gasteiger partial charge in [-0.3, -0.25) is 0 Å². The molecule has 3 aromatic carbocycles. The molecule has 5 rings (SSSR count). The van der Waals surface area contributed by atoms with E-state index in [1.807, 2.05) is 6.07 Å². The molecule has 0 aliphatic heterocycles. The average Bonchev–Trinajstić information content (AvgIpc) is 3.07. The summed E-state index contributed by atoms with van der Waals surface area (Å²) in [5.41, 5.74) is 3.18. The van der Waals surface area contributed by atoms with Gasteiger partial charge in [-0.15, -0.1) is 0 Å². The molecule has 0 spiro atoms. The number of fused-ring (bicyclic) bond motifs is 1. The van der Waals surface area contributed by atoms with E-state index in [9.17, 15) is 9.59 Å². The zero-order chi connectivity index (χ0) is 33.6. The fourth-order valence-corrected chi connectivity index (χ4v) is 7.49. The lowest BCUT2D eigenvalue weighted by Gasteiger charge is -2.58. The third-order valence-electron chi connectivity index (χ3n) is 10.5. The highest BCUT2D eigenvalue weighted by Gasteiger charge is 2.53. The zero-order valence-corrected chi connectivity index (χ0v) is 28.1. The summed E-state index contributed by atoms with van der Waals surface area (Å²) in [6.45, 7) is 17.5. The summed E-state index contributed by atoms with van der Waals surface area (Å²) in [5.74, 6) is 2.12. The second-order valence-corrected chi connectivity index (χ2v) is 13.4. The summed E-state index contributed by atoms with van der Waals surface area (Å²) in [5, 5.41) is 0. The zero-order valence-electron chi connectivity index (χ0n) is 28.1. The molecule has 0 N–H and O–H groups in total. The van der Waals surface area contributed by atoms with Crippen LogP contribution in [0.5, 0.6) is 23.0 Å². The molecule has 1 fully saturated rings. The van der Waals surface area contributed by atoms with Crippen molar-refractivity contribution in [1.82, 2.24) is 0 Å². The van der Waals surface area contributed by atoms with Crippen LogP contribution in [0, 0.1) is 22.7 Å². The SMILES string of the molecule is C=CCOc1ccc(C(=O)Oc2ccc(OC(=O)c3ccc(OCC=C)cc3)c(C[C@]3(C)[C@@H](C)CC[C@]4(C)C(C)=CCC[C@@H]34)c2)cc1. The van der Waals surface area contributed by atoms with Crippen LogP contribution in [0.15, 0.2) is 104 Å². The Balaban J connectivity index is 1.44. The number of rotatable bonds is 12. The maximum Gasteiger partial charge on any atom is 0.343 e. The molecule has 0 saturated heterocycles. The Hall–Kier alpha value is -4.58. The highest BCUT2D eigenvalue weighted by molar-refractivity contribution is 5.92. The average molecular weight is 635 g/mol. The number of allylic oxidation sites excluding steroid dienone is 2. The minimum absolute atomic E-state index is 0.0717. The first kappa shape index (κ1) is 33.8. The standard InChI is InChI=1S/C41H46O6/c1-7-24-44-33-16-12-30(13-17-33)38(42)46-35-20-21-36(47-39(43)31-14-18-34(19-15-31)45-25-8-2)32(26-35)27-41(6)29(4)22-23-40(5)28(3)10-9-11-37(40)41/h7-8,10,12-21,26,29,37H,1-2,9,11,22-25,27H2,3-6H3/t29-,37+,40+,41+/m0/s1. The van der Waals surface area contributed by atoms with Crippen molar-refractivity contribution in [3.05, 3.63) is 120 Å². The van der Waals surface area contributed by atoms with Crippen molar-refractivity contribution in [1.29, 1.82) is 0 Å². The molecule has 0 aromatic heterocycles. The van der Waals surface area contributed by atoms with E-state index in [0.29, 0.717) is 65.6 Å². The van der Waals surface area contributed by atoms with Crippen LogP contribution in [0.2, 0.25) is 0 Å². The summed E-state index contributed by atoms with van der Waals surface area (Å²) in [7, 11) is 0. The summed E-state index contributed by atoms with van der Waals surface area (Å²) in [4.78, 5) is 26.6. The molecule has 246 valence electrons. The van der Waals surface area contributed by atoms with Gasteiger partial charge in [0.15, 0.2) is 0 Å². The Morgan fingerprint density at radius 3 is 1.94 bits per heavy atom. The lowest BCUT2D eigenvalue weighted by molar-refractivity contribution is -0.0412. The summed E-state index contributed by atoms with van der Waals surface area (Å²) < 4.78 is 23.1. The van der Waals surface area contributed by atoms with Gasteiger partial charge in [-0.25, -0.2) is 9.59 Å². The van der Waals surface area contributed by atoms with Crippen molar-refractivity contribution in [2.45, 2.75) is 59.8 Å². The van der Waals surface area contributed by atoms with E-state index in [0.717, 1.165) is 24.8 Å². The third kappa shape index (κ3) is 7.38. The Bertz CT molecular complexity index is 1640. The number of hydrogen-bond donors (Lipinski definition) is 0. The van der Waals surface area contributed by atoms with Gasteiger partial charge in [-0.05, 0) is 134 Å². The van der Waals surface area contributed by atoms with E-state index in [1.165, 1.54) is 12.0 Å². The van der Waals surface area contributed by atoms with E-state index in [4.69, 9.17) is 18.9 Å². The van der Waals surface area contributed by atoms with Crippen LogP contribution < -0.4 is 18.9 Å². The molecule has 0 unspecified atom stereocenters. The van der Waals surface area contributed by atoms with Gasteiger partial charge in [0.25, 0.3) is 0 Å². The molecular weight excluding hydrogens is 588 g/mol. The highest BCUT2D eigenvalue weighted by Crippen LogP contribution is 2.61. The quantitative estimate of drug-likeness (QED) is 0.112. The minimum atomic E-state index is -0.479. The van der Waals surface area contributed by atoms with Gasteiger partial charge >= 0.3 is 11.9 Å². The van der Waals surface area contributed by atoms with Crippen molar-refractivity contribution in [2.75, 3.05) is 13.2 Å². The molecule has 0 heterocycles. The van der Waals surface area contributed by atoms with Gasteiger partial charge < -0.3 is 18.9 Å². The van der Waals surface area contributed by atoms with Gasteiger partial charge in [0, 0.05) is 0 Å². The van der Waals surface area contributed by atoms with Crippen LogP contribution in [0.25, 0.3) is 0 Å². The van der Waals surface area contributed by atoms with Crippen LogP contribution in [0.3, 0.4) is 0 Å². The molecular formula is C41H46O6. The van der Waals surface area contributed by atoms with Crippen molar-refractivity contribution in [3.63, 3.8) is 0 Å². The van der Waals surface area contributed by atoms with Gasteiger partial charge in [-0.1, -0.05) is 57.7 Å². The molecule has 1 saturated carbocycles. The van der Waals surface area contributed by atoms with Gasteiger partial charge in [0.1, 0.15) is 36.2 Å². The van der Waals surface area contributed by atoms with Crippen molar-refractivity contribution in [3.8, 4) is 23.0 Å². The fourth-order valence-electron chi connectivity index (χ4n) is 7.49. The number of carbonyl (C=O) groups is 2. The van der Waals surface area contributed by atoms with Crippen LogP contribution in [-0.2, 0) is 6.42 Å². The molecule has 6 nitrogen and oxygen atoms in total. The van der Waals surface area contributed by atoms with E-state index < -0.39 is 11.9 Å². The maximum absolute atomic E-state index is 13.4. The topological polar surface area (TPSA) is 71.1 Å². The van der Waals surface area contributed by atoms with Gasteiger partial charge in [0.2, 0.25) is 0 Å². The second-order valence-electron chi connectivity index (χ2n) is 13.4. The number of carbonyl (C=O) groups excluding carboxylic acids is 2. The normalized spacial score (nSPS) is 23.4. The molecule has 4 atom stereocenters. The van der Waals surface area contributed by atoms with Crippen LogP contribution in [0.1, 0.15) is 79.7 Å². The van der Waals surface area contributed by atoms with Crippen LogP contribution in [-0.4, -0.2) is 25.2 Å². The lowest BCUT2D eigenvalue weighted by Crippen LogP contribution is -2.50. The molecule has 2 aliphatic rings. The molecule has 3 aromatic rings.